The molecule has 1 amide bonds. The van der Waals surface area contributed by atoms with E-state index in [1.807, 2.05) is 0 Å². The number of halogens is 2. The van der Waals surface area contributed by atoms with Crippen molar-refractivity contribution < 1.29 is 18.7 Å². The standard InChI is InChI=1S/C11H10F2N4O2/c12-9-2-1-7(3-10(9)13)14-11(19)5-17-4-8(6-18)15-16-17/h1-4,18H,5-6H2,(H,14,19). The molecule has 6 nitrogen and oxygen atoms in total. The zero-order valence-electron chi connectivity index (χ0n) is 9.68. The Bertz CT molecular complexity index is 600. The van der Waals surface area contributed by atoms with Crippen molar-refractivity contribution in [2.24, 2.45) is 0 Å². The van der Waals surface area contributed by atoms with Gasteiger partial charge in [-0.05, 0) is 12.1 Å². The molecule has 1 heterocycles. The van der Waals surface area contributed by atoms with Gasteiger partial charge in [0.05, 0.1) is 12.8 Å². The molecule has 1 aromatic heterocycles. The molecule has 2 aromatic rings. The smallest absolute Gasteiger partial charge is 0.246 e. The summed E-state index contributed by atoms with van der Waals surface area (Å²) in [6.45, 7) is -0.420. The van der Waals surface area contributed by atoms with Crippen molar-refractivity contribution in [2.45, 2.75) is 13.2 Å². The van der Waals surface area contributed by atoms with E-state index in [1.165, 1.54) is 16.9 Å². The number of aromatic nitrogens is 3. The molecule has 0 bridgehead atoms. The molecule has 0 radical (unpaired) electrons. The van der Waals surface area contributed by atoms with Crippen LogP contribution >= 0.6 is 0 Å². The van der Waals surface area contributed by atoms with Crippen molar-refractivity contribution >= 4 is 11.6 Å². The Hall–Kier alpha value is -2.35. The van der Waals surface area contributed by atoms with Crippen LogP contribution < -0.4 is 5.32 Å². The molecule has 100 valence electrons. The van der Waals surface area contributed by atoms with Crippen LogP contribution in [0.1, 0.15) is 5.69 Å². The predicted octanol–water partition coefficient (Wildman–Crippen LogP) is 0.687. The number of benzene rings is 1. The summed E-state index contributed by atoms with van der Waals surface area (Å²) in [6, 6.07) is 3.05. The Morgan fingerprint density at radius 2 is 2.16 bits per heavy atom. The molecule has 0 saturated heterocycles. The maximum absolute atomic E-state index is 12.9. The van der Waals surface area contributed by atoms with Gasteiger partial charge in [-0.1, -0.05) is 5.21 Å². The van der Waals surface area contributed by atoms with Gasteiger partial charge in [-0.2, -0.15) is 0 Å². The van der Waals surface area contributed by atoms with Gasteiger partial charge in [0.15, 0.2) is 11.6 Å². The van der Waals surface area contributed by atoms with Crippen molar-refractivity contribution in [3.63, 3.8) is 0 Å². The molecule has 0 saturated carbocycles. The molecule has 0 aliphatic carbocycles. The lowest BCUT2D eigenvalue weighted by molar-refractivity contribution is -0.116. The average Bonchev–Trinajstić information content (AvgIpc) is 2.81. The number of aliphatic hydroxyl groups excluding tert-OH is 1. The number of nitrogens with one attached hydrogen (secondary N) is 1. The number of hydrogen-bond donors (Lipinski definition) is 2. The third kappa shape index (κ3) is 3.32. The van der Waals surface area contributed by atoms with E-state index in [4.69, 9.17) is 5.11 Å². The molecular formula is C11H10F2N4O2. The number of rotatable bonds is 4. The van der Waals surface area contributed by atoms with Crippen LogP contribution in [-0.4, -0.2) is 26.0 Å². The van der Waals surface area contributed by atoms with E-state index in [0.29, 0.717) is 5.69 Å². The lowest BCUT2D eigenvalue weighted by atomic mass is 10.3. The maximum Gasteiger partial charge on any atom is 0.246 e. The van der Waals surface area contributed by atoms with Gasteiger partial charge in [-0.3, -0.25) is 4.79 Å². The van der Waals surface area contributed by atoms with Crippen LogP contribution in [-0.2, 0) is 17.9 Å². The summed E-state index contributed by atoms with van der Waals surface area (Å²) in [4.78, 5) is 11.6. The van der Waals surface area contributed by atoms with E-state index in [-0.39, 0.29) is 18.8 Å². The second-order valence-corrected chi connectivity index (χ2v) is 3.74. The van der Waals surface area contributed by atoms with E-state index in [1.54, 1.807) is 0 Å². The largest absolute Gasteiger partial charge is 0.390 e. The van der Waals surface area contributed by atoms with Gasteiger partial charge in [0.25, 0.3) is 0 Å². The topological polar surface area (TPSA) is 80.0 Å². The van der Waals surface area contributed by atoms with Gasteiger partial charge >= 0.3 is 0 Å². The minimum atomic E-state index is -1.04. The highest BCUT2D eigenvalue weighted by atomic mass is 19.2. The normalized spacial score (nSPS) is 10.5. The Labute approximate surface area is 106 Å². The molecule has 2 N–H and O–H groups in total. The molecule has 19 heavy (non-hydrogen) atoms. The van der Waals surface area contributed by atoms with Gasteiger partial charge in [0.2, 0.25) is 5.91 Å². The number of amides is 1. The Morgan fingerprint density at radius 3 is 2.79 bits per heavy atom. The van der Waals surface area contributed by atoms with Crippen LogP contribution in [0.15, 0.2) is 24.4 Å². The van der Waals surface area contributed by atoms with Crippen LogP contribution in [0, 0.1) is 11.6 Å². The van der Waals surface area contributed by atoms with Crippen LogP contribution in [0.25, 0.3) is 0 Å². The van der Waals surface area contributed by atoms with Gasteiger partial charge in [-0.25, -0.2) is 13.5 Å². The predicted molar refractivity (Wildman–Crippen MR) is 60.9 cm³/mol. The van der Waals surface area contributed by atoms with E-state index >= 15 is 0 Å². The van der Waals surface area contributed by atoms with Gasteiger partial charge in [0.1, 0.15) is 12.2 Å². The molecule has 1 aromatic carbocycles. The first-order chi connectivity index (χ1) is 9.08. The monoisotopic (exact) mass is 268 g/mol. The second-order valence-electron chi connectivity index (χ2n) is 3.74. The number of hydrogen-bond acceptors (Lipinski definition) is 4. The van der Waals surface area contributed by atoms with Crippen molar-refractivity contribution in [3.8, 4) is 0 Å². The van der Waals surface area contributed by atoms with Crippen molar-refractivity contribution in [1.29, 1.82) is 0 Å². The molecule has 0 aliphatic rings. The third-order valence-electron chi connectivity index (χ3n) is 2.26. The van der Waals surface area contributed by atoms with Gasteiger partial charge in [-0.15, -0.1) is 5.10 Å². The highest BCUT2D eigenvalue weighted by Crippen LogP contribution is 2.12. The first kappa shape index (κ1) is 13.1. The number of aliphatic hydroxyl groups is 1. The Kier molecular flexibility index (Phi) is 3.81. The number of anilines is 1. The quantitative estimate of drug-likeness (QED) is 0.854. The number of carbonyl (C=O) groups excluding carboxylic acids is 1. The molecular weight excluding hydrogens is 258 g/mol. The van der Waals surface area contributed by atoms with Crippen molar-refractivity contribution in [1.82, 2.24) is 15.0 Å². The summed E-state index contributed by atoms with van der Waals surface area (Å²) in [7, 11) is 0. The molecule has 8 heteroatoms. The zero-order chi connectivity index (χ0) is 13.8. The fourth-order valence-electron chi connectivity index (χ4n) is 1.41. The third-order valence-corrected chi connectivity index (χ3v) is 2.26. The summed E-state index contributed by atoms with van der Waals surface area (Å²) in [5.74, 6) is -2.50. The van der Waals surface area contributed by atoms with Crippen LogP contribution in [0.2, 0.25) is 0 Å². The van der Waals surface area contributed by atoms with Gasteiger partial charge in [0, 0.05) is 11.8 Å². The summed E-state index contributed by atoms with van der Waals surface area (Å²) < 4.78 is 26.8. The van der Waals surface area contributed by atoms with E-state index in [0.717, 1.165) is 12.1 Å². The average molecular weight is 268 g/mol. The highest BCUT2D eigenvalue weighted by Gasteiger charge is 2.08. The lowest BCUT2D eigenvalue weighted by Crippen LogP contribution is -2.19. The Morgan fingerprint density at radius 1 is 1.37 bits per heavy atom. The highest BCUT2D eigenvalue weighted by molar-refractivity contribution is 5.90. The molecule has 0 atom stereocenters. The van der Waals surface area contributed by atoms with E-state index in [2.05, 4.69) is 15.6 Å². The summed E-state index contributed by atoms with van der Waals surface area (Å²) in [5, 5.41) is 18.4. The summed E-state index contributed by atoms with van der Waals surface area (Å²) in [6.07, 6.45) is 1.41. The van der Waals surface area contributed by atoms with Crippen LogP contribution in [0.3, 0.4) is 0 Å². The molecule has 2 rings (SSSR count). The lowest BCUT2D eigenvalue weighted by Gasteiger charge is -2.05. The molecule has 0 unspecified atom stereocenters. The zero-order valence-corrected chi connectivity index (χ0v) is 9.68. The van der Waals surface area contributed by atoms with E-state index < -0.39 is 17.5 Å². The summed E-state index contributed by atoms with van der Waals surface area (Å²) in [5.41, 5.74) is 0.479. The minimum absolute atomic E-state index is 0.145. The first-order valence-corrected chi connectivity index (χ1v) is 5.33. The minimum Gasteiger partial charge on any atom is -0.390 e. The molecule has 0 fully saturated rings. The SMILES string of the molecule is O=C(Cn1cc(CO)nn1)Nc1ccc(F)c(F)c1. The molecule has 0 aliphatic heterocycles. The maximum atomic E-state index is 12.9. The van der Waals surface area contributed by atoms with Crippen LogP contribution in [0.4, 0.5) is 14.5 Å². The fourth-order valence-corrected chi connectivity index (χ4v) is 1.41. The van der Waals surface area contributed by atoms with Crippen LogP contribution in [0.5, 0.6) is 0 Å². The van der Waals surface area contributed by atoms with Crippen molar-refractivity contribution in [3.05, 3.63) is 41.7 Å². The summed E-state index contributed by atoms with van der Waals surface area (Å²) >= 11 is 0. The Balaban J connectivity index is 1.98. The number of carbonyl (C=O) groups is 1. The van der Waals surface area contributed by atoms with Crippen molar-refractivity contribution in [2.75, 3.05) is 5.32 Å². The first-order valence-electron chi connectivity index (χ1n) is 5.33. The fraction of sp³-hybridized carbons (Fsp3) is 0.182. The second kappa shape index (κ2) is 5.53. The number of nitrogens with zero attached hydrogens (tertiary/aromatic N) is 3. The molecule has 0 spiro atoms. The van der Waals surface area contributed by atoms with E-state index in [9.17, 15) is 13.6 Å². The van der Waals surface area contributed by atoms with Gasteiger partial charge < -0.3 is 10.4 Å².